The van der Waals surface area contributed by atoms with Crippen LogP contribution in [0.4, 0.5) is 0 Å². The summed E-state index contributed by atoms with van der Waals surface area (Å²) in [5.41, 5.74) is 4.16. The van der Waals surface area contributed by atoms with Crippen LogP contribution in [0, 0.1) is 0 Å². The van der Waals surface area contributed by atoms with E-state index in [4.69, 9.17) is 0 Å². The van der Waals surface area contributed by atoms with E-state index in [1.54, 1.807) is 0 Å². The molecule has 0 aliphatic heterocycles. The van der Waals surface area contributed by atoms with Crippen molar-refractivity contribution in [2.24, 2.45) is 0 Å². The van der Waals surface area contributed by atoms with E-state index in [0.29, 0.717) is 6.04 Å². The highest BCUT2D eigenvalue weighted by Gasteiger charge is 2.23. The maximum Gasteiger partial charge on any atom is 0.0587 e. The second-order valence-corrected chi connectivity index (χ2v) is 5.61. The average molecular weight is 267 g/mol. The Bertz CT molecular complexity index is 527. The van der Waals surface area contributed by atoms with Gasteiger partial charge in [0.2, 0.25) is 0 Å². The van der Waals surface area contributed by atoms with Gasteiger partial charge in [0.05, 0.1) is 6.61 Å². The molecule has 0 saturated carbocycles. The van der Waals surface area contributed by atoms with Crippen LogP contribution in [0.15, 0.2) is 54.6 Å². The van der Waals surface area contributed by atoms with Crippen LogP contribution < -0.4 is 5.32 Å². The molecule has 0 saturated heterocycles. The predicted octanol–water partition coefficient (Wildman–Crippen LogP) is 2.35. The minimum atomic E-state index is 0.136. The molecule has 1 atom stereocenters. The Morgan fingerprint density at radius 2 is 1.55 bits per heavy atom. The Morgan fingerprint density at radius 1 is 0.950 bits per heavy atom. The number of aliphatic hydroxyl groups is 1. The first-order chi connectivity index (χ1) is 9.85. The number of fused-ring (bicyclic) bond motifs is 1. The average Bonchev–Trinajstić information content (AvgIpc) is 2.90. The third kappa shape index (κ3) is 3.09. The summed E-state index contributed by atoms with van der Waals surface area (Å²) in [6, 6.07) is 19.6. The zero-order chi connectivity index (χ0) is 13.8. The summed E-state index contributed by atoms with van der Waals surface area (Å²) in [7, 11) is 0. The van der Waals surface area contributed by atoms with Crippen LogP contribution in [0.1, 0.15) is 16.7 Å². The molecule has 1 aliphatic carbocycles. The molecule has 3 rings (SSSR count). The van der Waals surface area contributed by atoms with Gasteiger partial charge >= 0.3 is 0 Å². The summed E-state index contributed by atoms with van der Waals surface area (Å²) in [6.45, 7) is 0.182. The number of hydrogen-bond donors (Lipinski definition) is 2. The zero-order valence-corrected chi connectivity index (χ0v) is 11.6. The molecule has 2 nitrogen and oxygen atoms in total. The first-order valence-electron chi connectivity index (χ1n) is 7.33. The number of nitrogens with one attached hydrogen (secondary N) is 1. The molecule has 104 valence electrons. The fourth-order valence-electron chi connectivity index (χ4n) is 3.08. The predicted molar refractivity (Wildman–Crippen MR) is 81.8 cm³/mol. The SMILES string of the molecule is OC[C@@H](Cc1ccccc1)NC1Cc2ccccc2C1. The van der Waals surface area contributed by atoms with E-state index in [9.17, 15) is 5.11 Å². The number of hydrogen-bond acceptors (Lipinski definition) is 2. The van der Waals surface area contributed by atoms with Gasteiger partial charge in [-0.25, -0.2) is 0 Å². The van der Waals surface area contributed by atoms with Crippen LogP contribution in [0.2, 0.25) is 0 Å². The highest BCUT2D eigenvalue weighted by atomic mass is 16.3. The summed E-state index contributed by atoms with van der Waals surface area (Å²) >= 11 is 0. The lowest BCUT2D eigenvalue weighted by molar-refractivity contribution is 0.231. The van der Waals surface area contributed by atoms with Gasteiger partial charge in [-0.05, 0) is 36.0 Å². The maximum absolute atomic E-state index is 9.60. The van der Waals surface area contributed by atoms with Crippen molar-refractivity contribution in [3.8, 4) is 0 Å². The van der Waals surface area contributed by atoms with Gasteiger partial charge in [-0.1, -0.05) is 54.6 Å². The molecule has 20 heavy (non-hydrogen) atoms. The first kappa shape index (κ1) is 13.3. The fourth-order valence-corrected chi connectivity index (χ4v) is 3.08. The Morgan fingerprint density at radius 3 is 2.15 bits per heavy atom. The van der Waals surface area contributed by atoms with Crippen molar-refractivity contribution in [1.82, 2.24) is 5.32 Å². The van der Waals surface area contributed by atoms with Crippen LogP contribution in [0.3, 0.4) is 0 Å². The molecule has 0 bridgehead atoms. The van der Waals surface area contributed by atoms with Gasteiger partial charge in [0.15, 0.2) is 0 Å². The molecule has 1 aliphatic rings. The number of aliphatic hydroxyl groups excluding tert-OH is 1. The second kappa shape index (κ2) is 6.21. The molecule has 0 amide bonds. The summed E-state index contributed by atoms with van der Waals surface area (Å²) < 4.78 is 0. The van der Waals surface area contributed by atoms with Gasteiger partial charge in [-0.2, -0.15) is 0 Å². The van der Waals surface area contributed by atoms with Crippen LogP contribution in [0.25, 0.3) is 0 Å². The van der Waals surface area contributed by atoms with E-state index in [2.05, 4.69) is 53.8 Å². The van der Waals surface area contributed by atoms with Crippen molar-refractivity contribution in [2.75, 3.05) is 6.61 Å². The van der Waals surface area contributed by atoms with E-state index in [1.807, 2.05) is 6.07 Å². The van der Waals surface area contributed by atoms with E-state index in [1.165, 1.54) is 16.7 Å². The van der Waals surface area contributed by atoms with Crippen LogP contribution in [-0.4, -0.2) is 23.8 Å². The molecule has 0 aromatic heterocycles. The Hall–Kier alpha value is -1.64. The standard InChI is InChI=1S/C18H21NO/c20-13-18(10-14-6-2-1-3-7-14)19-17-11-15-8-4-5-9-16(15)12-17/h1-9,17-20H,10-13H2/t18-/m1/s1. The van der Waals surface area contributed by atoms with Crippen molar-refractivity contribution in [3.05, 3.63) is 71.3 Å². The Kier molecular flexibility index (Phi) is 4.14. The highest BCUT2D eigenvalue weighted by molar-refractivity contribution is 5.33. The largest absolute Gasteiger partial charge is 0.395 e. The Labute approximate surface area is 120 Å². The van der Waals surface area contributed by atoms with Crippen molar-refractivity contribution in [1.29, 1.82) is 0 Å². The molecule has 0 fully saturated rings. The lowest BCUT2D eigenvalue weighted by Crippen LogP contribution is -2.42. The molecule has 2 aromatic carbocycles. The van der Waals surface area contributed by atoms with Crippen LogP contribution >= 0.6 is 0 Å². The smallest absolute Gasteiger partial charge is 0.0587 e. The quantitative estimate of drug-likeness (QED) is 0.871. The van der Waals surface area contributed by atoms with Crippen molar-refractivity contribution in [3.63, 3.8) is 0 Å². The van der Waals surface area contributed by atoms with Gasteiger partial charge in [0, 0.05) is 12.1 Å². The van der Waals surface area contributed by atoms with E-state index in [-0.39, 0.29) is 12.6 Å². The molecule has 0 radical (unpaired) electrons. The molecule has 0 spiro atoms. The minimum absolute atomic E-state index is 0.136. The summed E-state index contributed by atoms with van der Waals surface area (Å²) in [6.07, 6.45) is 3.02. The second-order valence-electron chi connectivity index (χ2n) is 5.61. The lowest BCUT2D eigenvalue weighted by atomic mass is 10.0. The third-order valence-corrected chi connectivity index (χ3v) is 4.07. The molecule has 2 heteroatoms. The van der Waals surface area contributed by atoms with Crippen molar-refractivity contribution < 1.29 is 5.11 Å². The highest BCUT2D eigenvalue weighted by Crippen LogP contribution is 2.22. The molecular formula is C18H21NO. The van der Waals surface area contributed by atoms with E-state index in [0.717, 1.165) is 19.3 Å². The van der Waals surface area contributed by atoms with E-state index < -0.39 is 0 Å². The van der Waals surface area contributed by atoms with E-state index >= 15 is 0 Å². The third-order valence-electron chi connectivity index (χ3n) is 4.07. The Balaban J connectivity index is 1.60. The molecule has 0 unspecified atom stereocenters. The maximum atomic E-state index is 9.60. The first-order valence-corrected chi connectivity index (χ1v) is 7.33. The van der Waals surface area contributed by atoms with Crippen molar-refractivity contribution in [2.45, 2.75) is 31.3 Å². The van der Waals surface area contributed by atoms with Gasteiger partial charge < -0.3 is 10.4 Å². The van der Waals surface area contributed by atoms with Crippen molar-refractivity contribution >= 4 is 0 Å². The van der Waals surface area contributed by atoms with Gasteiger partial charge in [-0.3, -0.25) is 0 Å². The summed E-state index contributed by atoms with van der Waals surface area (Å²) in [4.78, 5) is 0. The zero-order valence-electron chi connectivity index (χ0n) is 11.6. The number of benzene rings is 2. The monoisotopic (exact) mass is 267 g/mol. The molecular weight excluding hydrogens is 246 g/mol. The molecule has 0 heterocycles. The molecule has 2 N–H and O–H groups in total. The normalized spacial score (nSPS) is 16.1. The van der Waals surface area contributed by atoms with Gasteiger partial charge in [0.25, 0.3) is 0 Å². The van der Waals surface area contributed by atoms with Crippen LogP contribution in [0.5, 0.6) is 0 Å². The lowest BCUT2D eigenvalue weighted by Gasteiger charge is -2.21. The summed E-state index contributed by atoms with van der Waals surface area (Å²) in [5.74, 6) is 0. The minimum Gasteiger partial charge on any atom is -0.395 e. The number of rotatable bonds is 5. The topological polar surface area (TPSA) is 32.3 Å². The molecule has 2 aromatic rings. The van der Waals surface area contributed by atoms with Gasteiger partial charge in [-0.15, -0.1) is 0 Å². The van der Waals surface area contributed by atoms with Gasteiger partial charge in [0.1, 0.15) is 0 Å². The fraction of sp³-hybridized carbons (Fsp3) is 0.333. The summed E-state index contributed by atoms with van der Waals surface area (Å²) in [5, 5.41) is 13.2. The van der Waals surface area contributed by atoms with Crippen LogP contribution in [-0.2, 0) is 19.3 Å².